The molecule has 4 nitrogen and oxygen atoms in total. The van der Waals surface area contributed by atoms with Gasteiger partial charge in [-0.2, -0.15) is 0 Å². The summed E-state index contributed by atoms with van der Waals surface area (Å²) in [6.07, 6.45) is 0.982. The first-order valence-electron chi connectivity index (χ1n) is 7.11. The predicted molar refractivity (Wildman–Crippen MR) is 86.4 cm³/mol. The number of rotatable bonds is 6. The molecule has 0 radical (unpaired) electrons. The average molecular weight is 306 g/mol. The molecule has 1 aromatic carbocycles. The molecule has 112 valence electrons. The second-order valence-corrected chi connectivity index (χ2v) is 5.37. The SMILES string of the molecule is CCCN(CC(=O)NC)Cc1cc2ccccc2nc1Cl. The van der Waals surface area contributed by atoms with Crippen molar-refractivity contribution in [1.82, 2.24) is 15.2 Å². The molecule has 5 heteroatoms. The van der Waals surface area contributed by atoms with Crippen LogP contribution in [0.25, 0.3) is 10.9 Å². The summed E-state index contributed by atoms with van der Waals surface area (Å²) in [5.74, 6) is 0.00770. The van der Waals surface area contributed by atoms with Gasteiger partial charge in [-0.15, -0.1) is 0 Å². The van der Waals surface area contributed by atoms with Crippen LogP contribution in [0.15, 0.2) is 30.3 Å². The van der Waals surface area contributed by atoms with Crippen molar-refractivity contribution in [1.29, 1.82) is 0 Å². The van der Waals surface area contributed by atoms with Crippen molar-refractivity contribution >= 4 is 28.4 Å². The Morgan fingerprint density at radius 1 is 1.38 bits per heavy atom. The zero-order chi connectivity index (χ0) is 15.2. The molecule has 0 saturated carbocycles. The highest BCUT2D eigenvalue weighted by molar-refractivity contribution is 6.30. The maximum atomic E-state index is 11.6. The van der Waals surface area contributed by atoms with Crippen LogP contribution >= 0.6 is 11.6 Å². The zero-order valence-corrected chi connectivity index (χ0v) is 13.2. The number of para-hydroxylation sites is 1. The lowest BCUT2D eigenvalue weighted by atomic mass is 10.1. The van der Waals surface area contributed by atoms with E-state index in [0.717, 1.165) is 29.4 Å². The molecule has 2 aromatic rings. The first-order valence-corrected chi connectivity index (χ1v) is 7.49. The molecule has 0 bridgehead atoms. The van der Waals surface area contributed by atoms with Gasteiger partial charge in [-0.3, -0.25) is 9.69 Å². The number of carbonyl (C=O) groups is 1. The van der Waals surface area contributed by atoms with Gasteiger partial charge in [0.05, 0.1) is 12.1 Å². The fourth-order valence-electron chi connectivity index (χ4n) is 2.30. The Balaban J connectivity index is 2.23. The topological polar surface area (TPSA) is 45.2 Å². The lowest BCUT2D eigenvalue weighted by molar-refractivity contribution is -0.121. The van der Waals surface area contributed by atoms with E-state index in [1.807, 2.05) is 24.3 Å². The van der Waals surface area contributed by atoms with Crippen molar-refractivity contribution < 1.29 is 4.79 Å². The molecule has 0 fully saturated rings. The van der Waals surface area contributed by atoms with Crippen molar-refractivity contribution in [2.24, 2.45) is 0 Å². The summed E-state index contributed by atoms with van der Waals surface area (Å²) in [5.41, 5.74) is 1.84. The molecule has 2 rings (SSSR count). The minimum Gasteiger partial charge on any atom is -0.358 e. The van der Waals surface area contributed by atoms with Crippen LogP contribution in [0.1, 0.15) is 18.9 Å². The van der Waals surface area contributed by atoms with Gasteiger partial charge in [0.2, 0.25) is 5.91 Å². The number of halogens is 1. The Morgan fingerprint density at radius 2 is 2.14 bits per heavy atom. The summed E-state index contributed by atoms with van der Waals surface area (Å²) in [5, 5.41) is 4.22. The van der Waals surface area contributed by atoms with Gasteiger partial charge in [0.25, 0.3) is 0 Å². The third-order valence-electron chi connectivity index (χ3n) is 3.33. The maximum absolute atomic E-state index is 11.6. The van der Waals surface area contributed by atoms with Gasteiger partial charge in [0.15, 0.2) is 0 Å². The monoisotopic (exact) mass is 305 g/mol. The highest BCUT2D eigenvalue weighted by atomic mass is 35.5. The Kier molecular flexibility index (Phi) is 5.53. The smallest absolute Gasteiger partial charge is 0.233 e. The van der Waals surface area contributed by atoms with Crippen molar-refractivity contribution in [3.8, 4) is 0 Å². The van der Waals surface area contributed by atoms with Crippen molar-refractivity contribution in [2.75, 3.05) is 20.1 Å². The fraction of sp³-hybridized carbons (Fsp3) is 0.375. The number of hydrogen-bond acceptors (Lipinski definition) is 3. The minimum atomic E-state index is 0.00770. The van der Waals surface area contributed by atoms with Gasteiger partial charge in [-0.05, 0) is 25.1 Å². The van der Waals surface area contributed by atoms with Crippen LogP contribution in [-0.2, 0) is 11.3 Å². The van der Waals surface area contributed by atoms with E-state index >= 15 is 0 Å². The number of pyridine rings is 1. The second-order valence-electron chi connectivity index (χ2n) is 5.01. The molecule has 0 aliphatic carbocycles. The number of nitrogens with one attached hydrogen (secondary N) is 1. The molecule has 21 heavy (non-hydrogen) atoms. The van der Waals surface area contributed by atoms with E-state index in [2.05, 4.69) is 28.2 Å². The quantitative estimate of drug-likeness (QED) is 0.835. The largest absolute Gasteiger partial charge is 0.358 e. The standard InChI is InChI=1S/C16H20ClN3O/c1-3-8-20(11-15(21)18-2)10-13-9-12-6-4-5-7-14(12)19-16(13)17/h4-7,9H,3,8,10-11H2,1-2H3,(H,18,21). The zero-order valence-electron chi connectivity index (χ0n) is 12.4. The predicted octanol–water partition coefficient (Wildman–Crippen LogP) is 2.85. The molecular weight excluding hydrogens is 286 g/mol. The fourth-order valence-corrected chi connectivity index (χ4v) is 2.51. The van der Waals surface area contributed by atoms with Gasteiger partial charge >= 0.3 is 0 Å². The summed E-state index contributed by atoms with van der Waals surface area (Å²) in [4.78, 5) is 18.1. The lowest BCUT2D eigenvalue weighted by Crippen LogP contribution is -2.35. The van der Waals surface area contributed by atoms with E-state index in [0.29, 0.717) is 18.2 Å². The van der Waals surface area contributed by atoms with Crippen LogP contribution in [-0.4, -0.2) is 35.9 Å². The number of aromatic nitrogens is 1. The van der Waals surface area contributed by atoms with Gasteiger partial charge in [0, 0.05) is 24.5 Å². The number of carbonyl (C=O) groups excluding carboxylic acids is 1. The lowest BCUT2D eigenvalue weighted by Gasteiger charge is -2.21. The Morgan fingerprint density at radius 3 is 2.86 bits per heavy atom. The van der Waals surface area contributed by atoms with E-state index in [1.54, 1.807) is 7.05 Å². The summed E-state index contributed by atoms with van der Waals surface area (Å²) >= 11 is 6.28. The highest BCUT2D eigenvalue weighted by Gasteiger charge is 2.13. The van der Waals surface area contributed by atoms with Crippen LogP contribution in [0.4, 0.5) is 0 Å². The van der Waals surface area contributed by atoms with Crippen molar-refractivity contribution in [2.45, 2.75) is 19.9 Å². The van der Waals surface area contributed by atoms with E-state index in [9.17, 15) is 4.79 Å². The molecule has 0 atom stereocenters. The number of fused-ring (bicyclic) bond motifs is 1. The normalized spacial score (nSPS) is 11.0. The highest BCUT2D eigenvalue weighted by Crippen LogP contribution is 2.21. The van der Waals surface area contributed by atoms with Gasteiger partial charge in [0.1, 0.15) is 5.15 Å². The molecule has 1 amide bonds. The third-order valence-corrected chi connectivity index (χ3v) is 3.66. The second kappa shape index (κ2) is 7.38. The number of nitrogens with zero attached hydrogens (tertiary/aromatic N) is 2. The van der Waals surface area contributed by atoms with Crippen LogP contribution in [0.5, 0.6) is 0 Å². The summed E-state index contributed by atoms with van der Waals surface area (Å²) in [6.45, 7) is 3.93. The Bertz CT molecular complexity index is 630. The van der Waals surface area contributed by atoms with Gasteiger partial charge < -0.3 is 5.32 Å². The van der Waals surface area contributed by atoms with Gasteiger partial charge in [-0.1, -0.05) is 36.7 Å². The Labute approximate surface area is 130 Å². The molecule has 0 saturated heterocycles. The summed E-state index contributed by atoms with van der Waals surface area (Å²) in [7, 11) is 1.65. The third kappa shape index (κ3) is 4.16. The van der Waals surface area contributed by atoms with E-state index in [4.69, 9.17) is 11.6 Å². The summed E-state index contributed by atoms with van der Waals surface area (Å²) in [6, 6.07) is 9.94. The number of likely N-dealkylation sites (N-methyl/N-ethyl adjacent to an activating group) is 1. The van der Waals surface area contributed by atoms with E-state index < -0.39 is 0 Å². The molecule has 1 heterocycles. The van der Waals surface area contributed by atoms with Crippen LogP contribution in [0.2, 0.25) is 5.15 Å². The van der Waals surface area contributed by atoms with E-state index in [1.165, 1.54) is 0 Å². The van der Waals surface area contributed by atoms with Crippen molar-refractivity contribution in [3.63, 3.8) is 0 Å². The summed E-state index contributed by atoms with van der Waals surface area (Å²) < 4.78 is 0. The van der Waals surface area contributed by atoms with Crippen LogP contribution in [0, 0.1) is 0 Å². The van der Waals surface area contributed by atoms with Crippen molar-refractivity contribution in [3.05, 3.63) is 41.0 Å². The molecule has 0 aliphatic heterocycles. The maximum Gasteiger partial charge on any atom is 0.233 e. The molecule has 0 unspecified atom stereocenters. The van der Waals surface area contributed by atoms with Crippen LogP contribution < -0.4 is 5.32 Å². The van der Waals surface area contributed by atoms with Gasteiger partial charge in [-0.25, -0.2) is 4.98 Å². The van der Waals surface area contributed by atoms with E-state index in [-0.39, 0.29) is 5.91 Å². The molecular formula is C16H20ClN3O. The molecule has 1 aromatic heterocycles. The first-order chi connectivity index (χ1) is 10.1. The number of amides is 1. The average Bonchev–Trinajstić information content (AvgIpc) is 2.48. The Hall–Kier alpha value is -1.65. The first kappa shape index (κ1) is 15.7. The van der Waals surface area contributed by atoms with Crippen LogP contribution in [0.3, 0.4) is 0 Å². The molecule has 1 N–H and O–H groups in total. The number of benzene rings is 1. The molecule has 0 aliphatic rings. The number of hydrogen-bond donors (Lipinski definition) is 1. The minimum absolute atomic E-state index is 0.00770. The molecule has 0 spiro atoms.